The zero-order valence-corrected chi connectivity index (χ0v) is 9.83. The number of aliphatic hydroxyl groups is 1. The Morgan fingerprint density at radius 2 is 2.29 bits per heavy atom. The highest BCUT2D eigenvalue weighted by Gasteiger charge is 2.21. The van der Waals surface area contributed by atoms with Crippen molar-refractivity contribution >= 4 is 15.9 Å². The SMILES string of the molecule is CCCC(CN)C(O)c1ccc(Br)o1. The summed E-state index contributed by atoms with van der Waals surface area (Å²) in [6, 6.07) is 3.55. The van der Waals surface area contributed by atoms with E-state index in [0.29, 0.717) is 17.0 Å². The Labute approximate surface area is 92.4 Å². The third-order valence-corrected chi connectivity index (χ3v) is 2.72. The van der Waals surface area contributed by atoms with Crippen LogP contribution in [0.25, 0.3) is 0 Å². The summed E-state index contributed by atoms with van der Waals surface area (Å²) in [5, 5.41) is 9.93. The number of hydrogen-bond donors (Lipinski definition) is 2. The molecule has 0 aliphatic heterocycles. The average Bonchev–Trinajstić information content (AvgIpc) is 2.60. The normalized spacial score (nSPS) is 15.4. The Morgan fingerprint density at radius 3 is 2.71 bits per heavy atom. The highest BCUT2D eigenvalue weighted by molar-refractivity contribution is 9.10. The highest BCUT2D eigenvalue weighted by Crippen LogP contribution is 2.28. The largest absolute Gasteiger partial charge is 0.452 e. The van der Waals surface area contributed by atoms with Crippen molar-refractivity contribution < 1.29 is 9.52 Å². The summed E-state index contributed by atoms with van der Waals surface area (Å²) >= 11 is 3.20. The van der Waals surface area contributed by atoms with Crippen LogP contribution in [-0.4, -0.2) is 11.7 Å². The Kier molecular flexibility index (Phi) is 4.65. The second kappa shape index (κ2) is 5.53. The van der Waals surface area contributed by atoms with E-state index in [1.807, 2.05) is 0 Å². The van der Waals surface area contributed by atoms with Crippen LogP contribution >= 0.6 is 15.9 Å². The van der Waals surface area contributed by atoms with Gasteiger partial charge in [-0.05, 0) is 41.0 Å². The van der Waals surface area contributed by atoms with Gasteiger partial charge >= 0.3 is 0 Å². The van der Waals surface area contributed by atoms with Crippen molar-refractivity contribution in [3.8, 4) is 0 Å². The number of rotatable bonds is 5. The number of aliphatic hydroxyl groups excluding tert-OH is 1. The summed E-state index contributed by atoms with van der Waals surface area (Å²) in [6.07, 6.45) is 1.34. The second-order valence-corrected chi connectivity index (χ2v) is 4.15. The molecule has 2 unspecified atom stereocenters. The molecule has 14 heavy (non-hydrogen) atoms. The van der Waals surface area contributed by atoms with E-state index in [-0.39, 0.29) is 5.92 Å². The van der Waals surface area contributed by atoms with E-state index in [2.05, 4.69) is 22.9 Å². The van der Waals surface area contributed by atoms with Gasteiger partial charge in [0.1, 0.15) is 11.9 Å². The molecule has 0 bridgehead atoms. The van der Waals surface area contributed by atoms with Crippen molar-refractivity contribution in [1.82, 2.24) is 0 Å². The molecule has 3 N–H and O–H groups in total. The predicted molar refractivity (Wildman–Crippen MR) is 58.8 cm³/mol. The summed E-state index contributed by atoms with van der Waals surface area (Å²) in [7, 11) is 0. The van der Waals surface area contributed by atoms with Gasteiger partial charge in [-0.2, -0.15) is 0 Å². The van der Waals surface area contributed by atoms with E-state index in [0.717, 1.165) is 12.8 Å². The summed E-state index contributed by atoms with van der Waals surface area (Å²) in [4.78, 5) is 0. The lowest BCUT2D eigenvalue weighted by Crippen LogP contribution is -2.21. The van der Waals surface area contributed by atoms with Gasteiger partial charge in [-0.1, -0.05) is 13.3 Å². The van der Waals surface area contributed by atoms with Gasteiger partial charge < -0.3 is 15.3 Å². The maximum Gasteiger partial charge on any atom is 0.169 e. The minimum absolute atomic E-state index is 0.0815. The van der Waals surface area contributed by atoms with Crippen LogP contribution in [-0.2, 0) is 0 Å². The monoisotopic (exact) mass is 261 g/mol. The Morgan fingerprint density at radius 1 is 1.57 bits per heavy atom. The quantitative estimate of drug-likeness (QED) is 0.856. The van der Waals surface area contributed by atoms with Crippen molar-refractivity contribution in [2.24, 2.45) is 11.7 Å². The molecule has 0 aliphatic carbocycles. The van der Waals surface area contributed by atoms with Crippen molar-refractivity contribution in [3.63, 3.8) is 0 Å². The Balaban J connectivity index is 2.66. The van der Waals surface area contributed by atoms with Crippen LogP contribution in [0.1, 0.15) is 31.6 Å². The van der Waals surface area contributed by atoms with Gasteiger partial charge in [0.05, 0.1) is 0 Å². The molecule has 1 aromatic heterocycles. The lowest BCUT2D eigenvalue weighted by molar-refractivity contribution is 0.0836. The van der Waals surface area contributed by atoms with E-state index in [4.69, 9.17) is 10.2 Å². The van der Waals surface area contributed by atoms with Crippen LogP contribution in [0.2, 0.25) is 0 Å². The minimum atomic E-state index is -0.591. The summed E-state index contributed by atoms with van der Waals surface area (Å²) in [5.41, 5.74) is 5.59. The molecule has 3 nitrogen and oxygen atoms in total. The Bertz CT molecular complexity index is 275. The number of halogens is 1. The molecule has 0 fully saturated rings. The molecule has 4 heteroatoms. The summed E-state index contributed by atoms with van der Waals surface area (Å²) in [6.45, 7) is 2.56. The fourth-order valence-electron chi connectivity index (χ4n) is 1.49. The number of nitrogens with two attached hydrogens (primary N) is 1. The molecule has 0 amide bonds. The van der Waals surface area contributed by atoms with Crippen LogP contribution in [0.15, 0.2) is 21.2 Å². The molecule has 0 saturated carbocycles. The first-order chi connectivity index (χ1) is 6.69. The van der Waals surface area contributed by atoms with Crippen molar-refractivity contribution in [1.29, 1.82) is 0 Å². The molecule has 80 valence electrons. The van der Waals surface area contributed by atoms with E-state index in [9.17, 15) is 5.11 Å². The first-order valence-corrected chi connectivity index (χ1v) is 5.61. The molecule has 1 heterocycles. The van der Waals surface area contributed by atoms with Gasteiger partial charge in [0, 0.05) is 5.92 Å². The summed E-state index contributed by atoms with van der Waals surface area (Å²) in [5.74, 6) is 0.666. The molecule has 0 aromatic carbocycles. The van der Waals surface area contributed by atoms with Crippen LogP contribution in [0.5, 0.6) is 0 Å². The average molecular weight is 262 g/mol. The maximum absolute atomic E-state index is 9.93. The molecule has 0 spiro atoms. The molecule has 1 aromatic rings. The molecule has 0 saturated heterocycles. The van der Waals surface area contributed by atoms with Gasteiger partial charge in [-0.3, -0.25) is 0 Å². The van der Waals surface area contributed by atoms with Crippen molar-refractivity contribution in [2.45, 2.75) is 25.9 Å². The van der Waals surface area contributed by atoms with Gasteiger partial charge in [0.25, 0.3) is 0 Å². The third kappa shape index (κ3) is 2.83. The van der Waals surface area contributed by atoms with Gasteiger partial charge in [0.2, 0.25) is 0 Å². The van der Waals surface area contributed by atoms with Crippen molar-refractivity contribution in [2.75, 3.05) is 6.54 Å². The lowest BCUT2D eigenvalue weighted by Gasteiger charge is -2.18. The number of hydrogen-bond acceptors (Lipinski definition) is 3. The van der Waals surface area contributed by atoms with Gasteiger partial charge in [-0.25, -0.2) is 0 Å². The van der Waals surface area contributed by atoms with Crippen LogP contribution in [0.3, 0.4) is 0 Å². The molecule has 1 rings (SSSR count). The fraction of sp³-hybridized carbons (Fsp3) is 0.600. The molecule has 2 atom stereocenters. The Hall–Kier alpha value is -0.320. The number of furan rings is 1. The first-order valence-electron chi connectivity index (χ1n) is 4.82. The lowest BCUT2D eigenvalue weighted by atomic mass is 9.96. The molecular weight excluding hydrogens is 246 g/mol. The molecular formula is C10H16BrNO2. The zero-order valence-electron chi connectivity index (χ0n) is 8.24. The predicted octanol–water partition coefficient (Wildman–Crippen LogP) is 2.45. The highest BCUT2D eigenvalue weighted by atomic mass is 79.9. The molecule has 0 radical (unpaired) electrons. The van der Waals surface area contributed by atoms with Crippen LogP contribution in [0.4, 0.5) is 0 Å². The summed E-state index contributed by atoms with van der Waals surface area (Å²) < 4.78 is 5.92. The molecule has 0 aliphatic rings. The standard InChI is InChI=1S/C10H16BrNO2/c1-2-3-7(6-12)10(13)8-4-5-9(11)14-8/h4-5,7,10,13H,2-3,6,12H2,1H3. The fourth-order valence-corrected chi connectivity index (χ4v) is 1.81. The minimum Gasteiger partial charge on any atom is -0.452 e. The van der Waals surface area contributed by atoms with Crippen molar-refractivity contribution in [3.05, 3.63) is 22.6 Å². The van der Waals surface area contributed by atoms with Gasteiger partial charge in [0.15, 0.2) is 4.67 Å². The van der Waals surface area contributed by atoms with Gasteiger partial charge in [-0.15, -0.1) is 0 Å². The van der Waals surface area contributed by atoms with E-state index < -0.39 is 6.10 Å². The first kappa shape index (κ1) is 11.8. The maximum atomic E-state index is 9.93. The van der Waals surface area contributed by atoms with Crippen LogP contribution in [0, 0.1) is 5.92 Å². The zero-order chi connectivity index (χ0) is 10.6. The van der Waals surface area contributed by atoms with Crippen LogP contribution < -0.4 is 5.73 Å². The van der Waals surface area contributed by atoms with E-state index in [1.54, 1.807) is 12.1 Å². The van der Waals surface area contributed by atoms with E-state index >= 15 is 0 Å². The second-order valence-electron chi connectivity index (χ2n) is 3.37. The van der Waals surface area contributed by atoms with E-state index in [1.165, 1.54) is 0 Å². The third-order valence-electron chi connectivity index (χ3n) is 2.29. The smallest absolute Gasteiger partial charge is 0.169 e. The topological polar surface area (TPSA) is 59.4 Å².